The first kappa shape index (κ1) is 15.4. The molecular formula is C11H13BrN4O2S2. The van der Waals surface area contributed by atoms with Crippen LogP contribution < -0.4 is 11.3 Å². The number of nitrogens with one attached hydrogen (secondary N) is 1. The molecule has 0 aromatic carbocycles. The van der Waals surface area contributed by atoms with Gasteiger partial charge in [-0.05, 0) is 34.1 Å². The van der Waals surface area contributed by atoms with Gasteiger partial charge in [0.2, 0.25) is 0 Å². The van der Waals surface area contributed by atoms with Crippen LogP contribution >= 0.6 is 27.3 Å². The van der Waals surface area contributed by atoms with Crippen molar-refractivity contribution in [3.05, 3.63) is 39.1 Å². The number of pyridine rings is 1. The molecule has 0 radical (unpaired) electrons. The van der Waals surface area contributed by atoms with Gasteiger partial charge >= 0.3 is 0 Å². The Hall–Kier alpha value is -1.00. The molecule has 2 aromatic heterocycles. The maximum absolute atomic E-state index is 12.5. The van der Waals surface area contributed by atoms with Crippen molar-refractivity contribution in [2.24, 2.45) is 5.84 Å². The summed E-state index contributed by atoms with van der Waals surface area (Å²) in [6.45, 7) is 0.277. The fourth-order valence-corrected chi connectivity index (χ4v) is 4.38. The van der Waals surface area contributed by atoms with Crippen LogP contribution in [0, 0.1) is 0 Å². The third-order valence-electron chi connectivity index (χ3n) is 2.58. The molecule has 0 bridgehead atoms. The molecule has 0 aliphatic rings. The lowest BCUT2D eigenvalue weighted by molar-refractivity contribution is 0.467. The van der Waals surface area contributed by atoms with E-state index in [0.29, 0.717) is 0 Å². The molecule has 2 aromatic rings. The third kappa shape index (κ3) is 3.18. The lowest BCUT2D eigenvalue weighted by Gasteiger charge is -2.17. The van der Waals surface area contributed by atoms with Gasteiger partial charge in [0.05, 0.1) is 5.69 Å². The zero-order valence-electron chi connectivity index (χ0n) is 10.6. The van der Waals surface area contributed by atoms with Gasteiger partial charge in [-0.25, -0.2) is 13.4 Å². The lowest BCUT2D eigenvalue weighted by Crippen LogP contribution is -2.28. The van der Waals surface area contributed by atoms with E-state index < -0.39 is 10.0 Å². The molecule has 2 rings (SSSR count). The summed E-state index contributed by atoms with van der Waals surface area (Å²) in [6, 6.07) is 5.07. The molecule has 0 aliphatic carbocycles. The summed E-state index contributed by atoms with van der Waals surface area (Å²) < 4.78 is 27.1. The van der Waals surface area contributed by atoms with Gasteiger partial charge < -0.3 is 5.43 Å². The first-order valence-electron chi connectivity index (χ1n) is 5.56. The summed E-state index contributed by atoms with van der Waals surface area (Å²) in [6.07, 6.45) is 1.42. The molecule has 6 nitrogen and oxygen atoms in total. The van der Waals surface area contributed by atoms with Gasteiger partial charge in [-0.1, -0.05) is 0 Å². The monoisotopic (exact) mass is 376 g/mol. The summed E-state index contributed by atoms with van der Waals surface area (Å²) in [7, 11) is -2.19. The van der Waals surface area contributed by atoms with E-state index in [9.17, 15) is 8.42 Å². The fourth-order valence-electron chi connectivity index (χ4n) is 1.59. The Morgan fingerprint density at radius 3 is 2.90 bits per heavy atom. The molecule has 0 unspecified atom stereocenters. The number of nitrogens with zero attached hydrogens (tertiary/aromatic N) is 2. The third-order valence-corrected chi connectivity index (χ3v) is 6.03. The molecule has 0 spiro atoms. The van der Waals surface area contributed by atoms with Crippen LogP contribution in [0.25, 0.3) is 0 Å². The van der Waals surface area contributed by atoms with Crippen LogP contribution in [0.5, 0.6) is 0 Å². The minimum atomic E-state index is -3.70. The van der Waals surface area contributed by atoms with E-state index in [1.165, 1.54) is 28.9 Å². The number of rotatable bonds is 5. The quantitative estimate of drug-likeness (QED) is 0.615. The average molecular weight is 377 g/mol. The summed E-state index contributed by atoms with van der Waals surface area (Å²) >= 11 is 4.83. The standard InChI is InChI=1S/C11H13BrN4O2S2/c1-16(6-9-5-8(12)7-19-9)20(17,18)11-10(15-13)3-2-4-14-11/h2-5,7,15H,6,13H2,1H3. The topological polar surface area (TPSA) is 88.3 Å². The molecule has 3 N–H and O–H groups in total. The molecular weight excluding hydrogens is 364 g/mol. The molecule has 0 atom stereocenters. The van der Waals surface area contributed by atoms with Gasteiger partial charge in [0.15, 0.2) is 5.03 Å². The summed E-state index contributed by atoms with van der Waals surface area (Å²) in [5.74, 6) is 5.33. The molecule has 0 fully saturated rings. The summed E-state index contributed by atoms with van der Waals surface area (Å²) in [5, 5.41) is 1.82. The van der Waals surface area contributed by atoms with E-state index in [0.717, 1.165) is 9.35 Å². The van der Waals surface area contributed by atoms with Crippen LogP contribution in [0.2, 0.25) is 0 Å². The molecule has 0 aliphatic heterocycles. The number of aromatic nitrogens is 1. The van der Waals surface area contributed by atoms with Crippen molar-refractivity contribution in [2.45, 2.75) is 11.6 Å². The van der Waals surface area contributed by atoms with Crippen molar-refractivity contribution in [1.29, 1.82) is 0 Å². The smallest absolute Gasteiger partial charge is 0.262 e. The Bertz CT molecular complexity index is 702. The highest BCUT2D eigenvalue weighted by Crippen LogP contribution is 2.25. The first-order chi connectivity index (χ1) is 9.45. The number of hydrogen-bond acceptors (Lipinski definition) is 6. The highest BCUT2D eigenvalue weighted by Gasteiger charge is 2.25. The van der Waals surface area contributed by atoms with E-state index >= 15 is 0 Å². The fraction of sp³-hybridized carbons (Fsp3) is 0.182. The van der Waals surface area contributed by atoms with Crippen molar-refractivity contribution in [1.82, 2.24) is 9.29 Å². The predicted octanol–water partition coefficient (Wildman–Crippen LogP) is 2.01. The highest BCUT2D eigenvalue weighted by atomic mass is 79.9. The van der Waals surface area contributed by atoms with E-state index in [-0.39, 0.29) is 17.3 Å². The van der Waals surface area contributed by atoms with Crippen LogP contribution in [-0.2, 0) is 16.6 Å². The average Bonchev–Trinajstić information content (AvgIpc) is 2.84. The van der Waals surface area contributed by atoms with E-state index in [2.05, 4.69) is 26.3 Å². The van der Waals surface area contributed by atoms with Crippen molar-refractivity contribution >= 4 is 43.0 Å². The van der Waals surface area contributed by atoms with Crippen molar-refractivity contribution in [3.63, 3.8) is 0 Å². The molecule has 108 valence electrons. The van der Waals surface area contributed by atoms with Crippen LogP contribution in [0.1, 0.15) is 4.88 Å². The maximum atomic E-state index is 12.5. The van der Waals surface area contributed by atoms with Crippen LogP contribution in [-0.4, -0.2) is 24.8 Å². The second-order valence-corrected chi connectivity index (χ2v) is 7.86. The maximum Gasteiger partial charge on any atom is 0.262 e. The van der Waals surface area contributed by atoms with Gasteiger partial charge in [-0.3, -0.25) is 5.84 Å². The van der Waals surface area contributed by atoms with Crippen molar-refractivity contribution < 1.29 is 8.42 Å². The minimum Gasteiger partial charge on any atom is -0.321 e. The molecule has 0 amide bonds. The summed E-state index contributed by atoms with van der Waals surface area (Å²) in [5.41, 5.74) is 2.62. The van der Waals surface area contributed by atoms with E-state index in [4.69, 9.17) is 5.84 Å². The van der Waals surface area contributed by atoms with Crippen LogP contribution in [0.3, 0.4) is 0 Å². The summed E-state index contributed by atoms with van der Waals surface area (Å²) in [4.78, 5) is 4.84. The Kier molecular flexibility index (Phi) is 4.76. The number of halogens is 1. The van der Waals surface area contributed by atoms with Gasteiger partial charge in [0.25, 0.3) is 10.0 Å². The number of hydrazine groups is 1. The Labute approximate surface area is 129 Å². The number of nitrogen functional groups attached to an aromatic ring is 1. The second kappa shape index (κ2) is 6.19. The number of thiophene rings is 1. The van der Waals surface area contributed by atoms with Crippen LogP contribution in [0.15, 0.2) is 39.3 Å². The minimum absolute atomic E-state index is 0.0828. The zero-order valence-corrected chi connectivity index (χ0v) is 13.8. The zero-order chi connectivity index (χ0) is 14.8. The highest BCUT2D eigenvalue weighted by molar-refractivity contribution is 9.10. The number of nitrogens with two attached hydrogens (primary N) is 1. The SMILES string of the molecule is CN(Cc1cc(Br)cs1)S(=O)(=O)c1ncccc1NN. The Balaban J connectivity index is 2.29. The lowest BCUT2D eigenvalue weighted by atomic mass is 10.4. The predicted molar refractivity (Wildman–Crippen MR) is 82.7 cm³/mol. The van der Waals surface area contributed by atoms with Crippen molar-refractivity contribution in [3.8, 4) is 0 Å². The molecule has 20 heavy (non-hydrogen) atoms. The molecule has 0 saturated carbocycles. The Morgan fingerprint density at radius 1 is 1.55 bits per heavy atom. The number of sulfonamides is 1. The Morgan fingerprint density at radius 2 is 2.30 bits per heavy atom. The van der Waals surface area contributed by atoms with E-state index in [1.54, 1.807) is 12.1 Å². The first-order valence-corrected chi connectivity index (χ1v) is 8.67. The van der Waals surface area contributed by atoms with Crippen molar-refractivity contribution in [2.75, 3.05) is 12.5 Å². The largest absolute Gasteiger partial charge is 0.321 e. The van der Waals surface area contributed by atoms with Gasteiger partial charge in [0, 0.05) is 34.5 Å². The van der Waals surface area contributed by atoms with Gasteiger partial charge in [-0.15, -0.1) is 11.3 Å². The second-order valence-electron chi connectivity index (χ2n) is 3.99. The molecule has 9 heteroatoms. The normalized spacial score (nSPS) is 11.8. The van der Waals surface area contributed by atoms with Crippen LogP contribution in [0.4, 0.5) is 5.69 Å². The number of anilines is 1. The van der Waals surface area contributed by atoms with Gasteiger partial charge in [-0.2, -0.15) is 4.31 Å². The van der Waals surface area contributed by atoms with E-state index in [1.807, 2.05) is 11.4 Å². The molecule has 0 saturated heterocycles. The van der Waals surface area contributed by atoms with Gasteiger partial charge in [0.1, 0.15) is 0 Å². The number of hydrogen-bond donors (Lipinski definition) is 2. The molecule has 2 heterocycles.